The predicted molar refractivity (Wildman–Crippen MR) is 129 cm³/mol. The van der Waals surface area contributed by atoms with Gasteiger partial charge in [-0.25, -0.2) is 0 Å². The van der Waals surface area contributed by atoms with Crippen LogP contribution in [0.5, 0.6) is 0 Å². The first-order valence-electron chi connectivity index (χ1n) is 11.5. The molecule has 0 spiro atoms. The number of aryl methyl sites for hydroxylation is 1. The summed E-state index contributed by atoms with van der Waals surface area (Å²) < 4.78 is 0. The lowest BCUT2D eigenvalue weighted by molar-refractivity contribution is 0.239. The number of nitrogens with one attached hydrogen (secondary N) is 1. The van der Waals surface area contributed by atoms with E-state index in [1.165, 1.54) is 41.8 Å². The second-order valence-electron chi connectivity index (χ2n) is 9.45. The molecule has 5 nitrogen and oxygen atoms in total. The zero-order chi connectivity index (χ0) is 21.5. The SMILES string of the molecule is Cc1cccc([C@@H](C)Nc2nncc3ccc(N4CCC5C(CCN5C)C4)cc23)c1C. The summed E-state index contributed by atoms with van der Waals surface area (Å²) in [5, 5.41) is 14.7. The standard InChI is InChI=1S/C26H33N5/c1-17-6-5-7-23(18(17)2)19(3)28-26-24-14-22(9-8-20(24)15-27-29-26)31-13-11-25-21(16-31)10-12-30(25)4/h5-9,14-15,19,21,25H,10-13,16H2,1-4H3,(H,28,29)/t19-,21?,25?/m1/s1. The van der Waals surface area contributed by atoms with Crippen molar-refractivity contribution >= 4 is 22.3 Å². The lowest BCUT2D eigenvalue weighted by Crippen LogP contribution is -2.44. The molecule has 2 aliphatic heterocycles. The molecule has 2 aliphatic rings. The van der Waals surface area contributed by atoms with Crippen LogP contribution in [0.2, 0.25) is 0 Å². The van der Waals surface area contributed by atoms with Crippen LogP contribution in [-0.2, 0) is 0 Å². The summed E-state index contributed by atoms with van der Waals surface area (Å²) in [6.45, 7) is 10.1. The van der Waals surface area contributed by atoms with E-state index in [1.54, 1.807) is 0 Å². The molecule has 3 aromatic rings. The Balaban J connectivity index is 1.43. The van der Waals surface area contributed by atoms with Crippen molar-refractivity contribution in [2.45, 2.75) is 45.7 Å². The molecule has 5 heteroatoms. The topological polar surface area (TPSA) is 44.3 Å². The van der Waals surface area contributed by atoms with Gasteiger partial charge in [0.2, 0.25) is 0 Å². The summed E-state index contributed by atoms with van der Waals surface area (Å²) in [6.07, 6.45) is 4.44. The molecule has 2 fully saturated rings. The normalized spacial score (nSPS) is 22.5. The number of likely N-dealkylation sites (tertiary alicyclic amines) is 1. The maximum atomic E-state index is 4.49. The summed E-state index contributed by atoms with van der Waals surface area (Å²) in [5.74, 6) is 1.65. The van der Waals surface area contributed by atoms with Crippen LogP contribution in [-0.4, -0.2) is 47.8 Å². The third-order valence-corrected chi connectivity index (χ3v) is 7.59. The average Bonchev–Trinajstić information content (AvgIpc) is 3.15. The van der Waals surface area contributed by atoms with E-state index in [1.807, 2.05) is 6.20 Å². The van der Waals surface area contributed by atoms with Gasteiger partial charge in [-0.05, 0) is 81.9 Å². The molecule has 2 unspecified atom stereocenters. The number of nitrogens with zero attached hydrogens (tertiary/aromatic N) is 4. The van der Waals surface area contributed by atoms with E-state index in [4.69, 9.17) is 0 Å². The highest BCUT2D eigenvalue weighted by atomic mass is 15.2. The summed E-state index contributed by atoms with van der Waals surface area (Å²) in [7, 11) is 2.28. The molecular formula is C26H33N5. The Bertz CT molecular complexity index is 1090. The maximum absolute atomic E-state index is 4.49. The predicted octanol–water partition coefficient (Wildman–Crippen LogP) is 4.95. The molecule has 3 heterocycles. The van der Waals surface area contributed by atoms with Crippen molar-refractivity contribution in [3.05, 3.63) is 59.3 Å². The summed E-state index contributed by atoms with van der Waals surface area (Å²) in [5.41, 5.74) is 5.26. The zero-order valence-corrected chi connectivity index (χ0v) is 19.1. The lowest BCUT2D eigenvalue weighted by Gasteiger charge is -2.38. The number of anilines is 2. The lowest BCUT2D eigenvalue weighted by atomic mass is 9.92. The quantitative estimate of drug-likeness (QED) is 0.653. The third-order valence-electron chi connectivity index (χ3n) is 7.59. The van der Waals surface area contributed by atoms with Gasteiger partial charge in [-0.1, -0.05) is 24.3 Å². The number of hydrogen-bond donors (Lipinski definition) is 1. The third kappa shape index (κ3) is 3.76. The van der Waals surface area contributed by atoms with Gasteiger partial charge >= 0.3 is 0 Å². The molecule has 31 heavy (non-hydrogen) atoms. The van der Waals surface area contributed by atoms with Crippen molar-refractivity contribution in [2.75, 3.05) is 36.9 Å². The molecule has 162 valence electrons. The first-order valence-corrected chi connectivity index (χ1v) is 11.5. The van der Waals surface area contributed by atoms with Gasteiger partial charge in [-0.2, -0.15) is 5.10 Å². The van der Waals surface area contributed by atoms with E-state index in [0.717, 1.165) is 41.6 Å². The molecular weight excluding hydrogens is 382 g/mol. The Morgan fingerprint density at radius 2 is 1.97 bits per heavy atom. The molecule has 3 atom stereocenters. The van der Waals surface area contributed by atoms with Crippen molar-refractivity contribution < 1.29 is 0 Å². The average molecular weight is 416 g/mol. The monoisotopic (exact) mass is 415 g/mol. The maximum Gasteiger partial charge on any atom is 0.157 e. The van der Waals surface area contributed by atoms with Gasteiger partial charge < -0.3 is 15.1 Å². The summed E-state index contributed by atoms with van der Waals surface area (Å²) >= 11 is 0. The number of piperidine rings is 1. The zero-order valence-electron chi connectivity index (χ0n) is 19.1. The van der Waals surface area contributed by atoms with Crippen molar-refractivity contribution in [1.82, 2.24) is 15.1 Å². The van der Waals surface area contributed by atoms with Crippen LogP contribution < -0.4 is 10.2 Å². The molecule has 2 saturated heterocycles. The van der Waals surface area contributed by atoms with Crippen LogP contribution in [0.4, 0.5) is 11.5 Å². The Morgan fingerprint density at radius 3 is 2.84 bits per heavy atom. The minimum absolute atomic E-state index is 0.160. The van der Waals surface area contributed by atoms with Crippen molar-refractivity contribution in [2.24, 2.45) is 5.92 Å². The van der Waals surface area contributed by atoms with Crippen LogP contribution in [0.25, 0.3) is 10.8 Å². The molecule has 1 N–H and O–H groups in total. The van der Waals surface area contributed by atoms with Crippen LogP contribution in [0.3, 0.4) is 0 Å². The highest BCUT2D eigenvalue weighted by Gasteiger charge is 2.36. The summed E-state index contributed by atoms with van der Waals surface area (Å²) in [6, 6.07) is 14.2. The van der Waals surface area contributed by atoms with Gasteiger partial charge in [0.25, 0.3) is 0 Å². The van der Waals surface area contributed by atoms with Crippen LogP contribution in [0, 0.1) is 19.8 Å². The van der Waals surface area contributed by atoms with Crippen molar-refractivity contribution in [1.29, 1.82) is 0 Å². The van der Waals surface area contributed by atoms with Gasteiger partial charge in [0.05, 0.1) is 12.2 Å². The molecule has 0 aliphatic carbocycles. The Morgan fingerprint density at radius 1 is 1.10 bits per heavy atom. The molecule has 0 amide bonds. The number of fused-ring (bicyclic) bond motifs is 2. The number of rotatable bonds is 4. The van der Waals surface area contributed by atoms with E-state index in [-0.39, 0.29) is 6.04 Å². The highest BCUT2D eigenvalue weighted by molar-refractivity contribution is 5.93. The number of aromatic nitrogens is 2. The van der Waals surface area contributed by atoms with E-state index in [0.29, 0.717) is 0 Å². The highest BCUT2D eigenvalue weighted by Crippen LogP contribution is 2.35. The number of benzene rings is 2. The van der Waals surface area contributed by atoms with E-state index in [2.05, 4.69) is 89.5 Å². The van der Waals surface area contributed by atoms with Gasteiger partial charge in [0, 0.05) is 35.6 Å². The largest absolute Gasteiger partial charge is 0.371 e. The van der Waals surface area contributed by atoms with Gasteiger partial charge in [-0.3, -0.25) is 0 Å². The second-order valence-corrected chi connectivity index (χ2v) is 9.45. The van der Waals surface area contributed by atoms with Crippen molar-refractivity contribution in [3.63, 3.8) is 0 Å². The first kappa shape index (κ1) is 20.3. The Hall–Kier alpha value is -2.66. The van der Waals surface area contributed by atoms with Crippen molar-refractivity contribution in [3.8, 4) is 0 Å². The van der Waals surface area contributed by atoms with Gasteiger partial charge in [0.15, 0.2) is 5.82 Å². The van der Waals surface area contributed by atoms with E-state index >= 15 is 0 Å². The van der Waals surface area contributed by atoms with E-state index in [9.17, 15) is 0 Å². The summed E-state index contributed by atoms with van der Waals surface area (Å²) in [4.78, 5) is 5.12. The molecule has 5 rings (SSSR count). The second kappa shape index (κ2) is 8.12. The van der Waals surface area contributed by atoms with Crippen LogP contribution >= 0.6 is 0 Å². The molecule has 0 saturated carbocycles. The van der Waals surface area contributed by atoms with E-state index < -0.39 is 0 Å². The molecule has 0 bridgehead atoms. The molecule has 1 aromatic heterocycles. The first-order chi connectivity index (χ1) is 15.0. The molecule has 0 radical (unpaired) electrons. The minimum Gasteiger partial charge on any atom is -0.371 e. The fraction of sp³-hybridized carbons (Fsp3) is 0.462. The Kier molecular flexibility index (Phi) is 5.30. The van der Waals surface area contributed by atoms with Gasteiger partial charge in [-0.15, -0.1) is 5.10 Å². The minimum atomic E-state index is 0.160. The number of hydrogen-bond acceptors (Lipinski definition) is 5. The smallest absolute Gasteiger partial charge is 0.157 e. The molecule has 2 aromatic carbocycles. The van der Waals surface area contributed by atoms with Crippen LogP contribution in [0.15, 0.2) is 42.6 Å². The van der Waals surface area contributed by atoms with Crippen LogP contribution in [0.1, 0.15) is 42.5 Å². The fourth-order valence-corrected chi connectivity index (χ4v) is 5.55. The van der Waals surface area contributed by atoms with Gasteiger partial charge in [0.1, 0.15) is 0 Å². The fourth-order valence-electron chi connectivity index (χ4n) is 5.55. The Labute approximate surface area is 185 Å².